The van der Waals surface area contributed by atoms with Gasteiger partial charge in [-0.05, 0) is 180 Å². The molecule has 41 nitrogen and oxygen atoms in total. The van der Waals surface area contributed by atoms with Crippen molar-refractivity contribution >= 4 is 129 Å². The predicted octanol–water partition coefficient (Wildman–Crippen LogP) is 1.82. The Morgan fingerprint density at radius 2 is 1.12 bits per heavy atom. The Morgan fingerprint density at radius 1 is 0.547 bits per heavy atom. The van der Waals surface area contributed by atoms with Crippen LogP contribution < -0.4 is 91.4 Å². The SMILES string of the molecule is CC(=O)N[C@@H](CC(C)C)C(=O)N[C@H](C(=O)N[C@@H](Cc1ccccc1)C(=O)N[C@]1(C)CCCCCC/C=C/CCC[C@@](C)(C(=O)N[C@@H](C)C(=O)N[C@@H](C)C(=O)N[C@@H](C)C(=O)C(=O)[C@H](C)NNC(C)(C)C(=O)C[C@H](C)C(N)=O)NC(=O)[C@H](CC(C)C)CC(=O)[C@H](CCC(N)=O)NC(=O)[C@H](C)NC(=O)[C@H](Cc2c[nH]c3ccccc23)NC(=O)[C@H](Cc2ccc(O)cc2)NC(=O)[C@H](CCC(=O)O)NC1=O)[C@@H](C)O. The first kappa shape index (κ1) is 116. The third-order valence-electron chi connectivity index (χ3n) is 24.1. The molecule has 41 heteroatoms. The molecule has 4 aromatic rings. The van der Waals surface area contributed by atoms with Gasteiger partial charge in [0.25, 0.3) is 0 Å². The molecular weight excluding hydrogens is 1800 g/mol. The summed E-state index contributed by atoms with van der Waals surface area (Å²) >= 11 is 0. The first-order valence-electron chi connectivity index (χ1n) is 47.3. The van der Waals surface area contributed by atoms with Crippen LogP contribution in [0, 0.1) is 23.7 Å². The second-order valence-electron chi connectivity index (χ2n) is 38.1. The molecule has 5 rings (SSSR count). The average Bonchev–Trinajstić information content (AvgIpc) is 1.71. The summed E-state index contributed by atoms with van der Waals surface area (Å²) in [7, 11) is 0. The Morgan fingerprint density at radius 3 is 1.72 bits per heavy atom. The van der Waals surface area contributed by atoms with Crippen LogP contribution in [0.1, 0.15) is 237 Å². The molecule has 17 atom stereocenters. The Hall–Kier alpha value is -13.2. The summed E-state index contributed by atoms with van der Waals surface area (Å²) < 4.78 is 0. The van der Waals surface area contributed by atoms with Crippen LogP contribution in [-0.4, -0.2) is 233 Å². The van der Waals surface area contributed by atoms with E-state index < -0.39 is 263 Å². The number of primary amides is 2. The second-order valence-corrected chi connectivity index (χ2v) is 38.1. The topological polar surface area (TPSA) is 650 Å². The molecule has 0 bridgehead atoms. The Bertz CT molecular complexity index is 5020. The molecule has 0 fully saturated rings. The summed E-state index contributed by atoms with van der Waals surface area (Å²) in [5.41, 5.74) is 12.9. The number of aromatic amines is 1. The number of carbonyl (C=O) groups excluding carboxylic acids is 19. The number of hydrogen-bond donors (Lipinski definition) is 21. The van der Waals surface area contributed by atoms with Gasteiger partial charge in [0, 0.05) is 80.8 Å². The number of aromatic hydroxyl groups is 1. The monoisotopic (exact) mass is 1940 g/mol. The Balaban J connectivity index is 1.59. The first-order chi connectivity index (χ1) is 65.1. The highest BCUT2D eigenvalue weighted by molar-refractivity contribution is 6.41. The lowest BCUT2D eigenvalue weighted by molar-refractivity contribution is -0.140. The zero-order valence-corrected chi connectivity index (χ0v) is 82.4. The number of carboxylic acid groups (broad SMARTS) is 1. The number of nitrogens with one attached hydrogen (secondary N) is 16. The number of rotatable bonds is 40. The number of ketones is 4. The van der Waals surface area contributed by atoms with Crippen LogP contribution in [0.2, 0.25) is 0 Å². The van der Waals surface area contributed by atoms with Crippen molar-refractivity contribution < 1.29 is 111 Å². The molecule has 2 heterocycles. The molecule has 139 heavy (non-hydrogen) atoms. The number of hydrogen-bond acceptors (Lipinski definition) is 24. The summed E-state index contributed by atoms with van der Waals surface area (Å²) in [4.78, 5) is 284. The van der Waals surface area contributed by atoms with E-state index in [1.807, 2.05) is 12.2 Å². The number of phenolic OH excluding ortho intramolecular Hbond substituents is 1. The third kappa shape index (κ3) is 38.6. The van der Waals surface area contributed by atoms with Gasteiger partial charge in [-0.25, -0.2) is 10.9 Å². The number of hydrazine groups is 1. The summed E-state index contributed by atoms with van der Waals surface area (Å²) in [5, 5.41) is 66.4. The van der Waals surface area contributed by atoms with Crippen molar-refractivity contribution in [2.75, 3.05) is 0 Å². The molecule has 1 aromatic heterocycles. The van der Waals surface area contributed by atoms with E-state index in [0.29, 0.717) is 59.7 Å². The normalized spacial score (nSPS) is 21.8. The van der Waals surface area contributed by atoms with Gasteiger partial charge >= 0.3 is 5.97 Å². The lowest BCUT2D eigenvalue weighted by Crippen LogP contribution is -2.65. The van der Waals surface area contributed by atoms with Gasteiger partial charge in [-0.3, -0.25) is 95.9 Å². The third-order valence-corrected chi connectivity index (χ3v) is 24.1. The molecule has 764 valence electrons. The largest absolute Gasteiger partial charge is 0.508 e. The molecule has 0 saturated heterocycles. The van der Waals surface area contributed by atoms with Crippen LogP contribution in [0.25, 0.3) is 10.9 Å². The van der Waals surface area contributed by atoms with Crippen LogP contribution in [0.3, 0.4) is 0 Å². The highest BCUT2D eigenvalue weighted by atomic mass is 16.4. The first-order valence-corrected chi connectivity index (χ1v) is 47.3. The Kier molecular flexibility index (Phi) is 46.4. The van der Waals surface area contributed by atoms with E-state index in [4.69, 9.17) is 11.5 Å². The fourth-order valence-electron chi connectivity index (χ4n) is 15.5. The van der Waals surface area contributed by atoms with Gasteiger partial charge in [-0.15, -0.1) is 0 Å². The van der Waals surface area contributed by atoms with E-state index in [2.05, 4.69) is 85.0 Å². The molecule has 0 spiro atoms. The second kappa shape index (κ2) is 55.4. The van der Waals surface area contributed by atoms with Crippen molar-refractivity contribution in [3.8, 4) is 5.75 Å². The maximum Gasteiger partial charge on any atom is 0.303 e. The van der Waals surface area contributed by atoms with Crippen LogP contribution in [0.15, 0.2) is 97.2 Å². The molecule has 0 unspecified atom stereocenters. The van der Waals surface area contributed by atoms with E-state index in [1.54, 1.807) is 88.5 Å². The number of H-pyrrole nitrogens is 1. The number of benzene rings is 3. The van der Waals surface area contributed by atoms with Gasteiger partial charge < -0.3 is 101 Å². The van der Waals surface area contributed by atoms with E-state index in [-0.39, 0.29) is 75.4 Å². The fraction of sp³-hybridized carbons (Fsp3) is 0.571. The number of allylic oxidation sites excluding steroid dienone is 2. The number of aliphatic carboxylic acids is 1. The smallest absolute Gasteiger partial charge is 0.303 e. The molecule has 1 aliphatic heterocycles. The highest BCUT2D eigenvalue weighted by Gasteiger charge is 2.44. The van der Waals surface area contributed by atoms with E-state index in [9.17, 15) is 82.4 Å². The van der Waals surface area contributed by atoms with Gasteiger partial charge in [-0.2, -0.15) is 0 Å². The van der Waals surface area contributed by atoms with E-state index in [1.165, 1.54) is 107 Å². The standard InChI is InChI=1S/C98H144N18O23/c1-53(2)45-65-51-76(120)70(39-41-78(99)122)107-86(130)59(9)104-89(133)75(50-66-52-101-69-34-28-27-33-68(66)69)109-90(134)73(49-64-35-37-67(119)38-36-64)108-88(132)71(40-42-79(123)124)111-95(139)98(16,114-92(136)74(48-63-31-25-24-26-32-63)110-93(137)80(61(11)117)112-91(135)72(46-54(3)4)106-62(12)118)44-30-23-21-19-17-18-20-22-29-43-97(15,113-87(65)131)94(138)105-60(10)85(129)103-58(8)84(128)102-56(6)81(125)82(126)57(7)115-116-96(13,14)77(121)47-55(5)83(100)127/h18,20,24-28,31-38,52-61,65,70-75,80,101,115-117,119H,17,19,21-23,29-30,39-51H2,1-16H3,(H2,99,122)(H2,100,127)(H,102,128)(H,103,129)(H,104,133)(H,105,138)(H,106,118)(H,107,130)(H,108,132)(H,109,134)(H,110,137)(H,111,139)(H,112,135)(H,113,131)(H,114,136)(H,123,124)/b20-18+/t55-,56-,57-,58-,59-,60-,61+,65+,70-,71-,72-,73-,74-,75-,80-,97-,98+/m0/s1. The van der Waals surface area contributed by atoms with Crippen molar-refractivity contribution in [1.29, 1.82) is 0 Å². The molecule has 0 aliphatic carbocycles. The van der Waals surface area contributed by atoms with Crippen molar-refractivity contribution in [2.45, 2.75) is 334 Å². The number of aliphatic hydroxyl groups excluding tert-OH is 1. The van der Waals surface area contributed by atoms with Gasteiger partial charge in [0.1, 0.15) is 71.2 Å². The number of Topliss-reactive ketones (excluding diaryl/α,β-unsaturated/α-hetero) is 4. The van der Waals surface area contributed by atoms with Crippen LogP contribution in [0.5, 0.6) is 5.75 Å². The number of amides is 15. The average molecular weight is 1940 g/mol. The number of phenols is 1. The van der Waals surface area contributed by atoms with Crippen molar-refractivity contribution in [2.24, 2.45) is 35.1 Å². The number of aliphatic hydroxyl groups is 1. The Labute approximate surface area is 810 Å². The number of fused-ring (bicyclic) bond motifs is 1. The summed E-state index contributed by atoms with van der Waals surface area (Å²) in [6.07, 6.45) is 1.92. The maximum absolute atomic E-state index is 15.6. The lowest BCUT2D eigenvalue weighted by Gasteiger charge is -2.34. The number of para-hydroxylation sites is 1. The van der Waals surface area contributed by atoms with Crippen LogP contribution >= 0.6 is 0 Å². The molecule has 3 aromatic carbocycles. The van der Waals surface area contributed by atoms with Crippen molar-refractivity contribution in [3.63, 3.8) is 0 Å². The highest BCUT2D eigenvalue weighted by Crippen LogP contribution is 2.27. The number of aromatic nitrogens is 1. The molecule has 0 radical (unpaired) electrons. The van der Waals surface area contributed by atoms with Gasteiger partial charge in [0.2, 0.25) is 100 Å². The molecule has 0 saturated carbocycles. The van der Waals surface area contributed by atoms with Crippen molar-refractivity contribution in [1.82, 2.24) is 85.0 Å². The lowest BCUT2D eigenvalue weighted by atomic mass is 9.86. The van der Waals surface area contributed by atoms with Gasteiger partial charge in [-0.1, -0.05) is 127 Å². The fourth-order valence-corrected chi connectivity index (χ4v) is 15.5. The van der Waals surface area contributed by atoms with Crippen molar-refractivity contribution in [3.05, 3.63) is 114 Å². The van der Waals surface area contributed by atoms with Gasteiger partial charge in [0.05, 0.1) is 29.8 Å². The van der Waals surface area contributed by atoms with E-state index in [0.717, 1.165) is 0 Å². The van der Waals surface area contributed by atoms with Crippen LogP contribution in [-0.2, 0) is 115 Å². The van der Waals surface area contributed by atoms with E-state index >= 15 is 28.8 Å². The minimum atomic E-state index is -2.08. The molecule has 23 N–H and O–H groups in total. The minimum absolute atomic E-state index is 0.00246. The predicted molar refractivity (Wildman–Crippen MR) is 514 cm³/mol. The molecule has 15 amide bonds. The number of carbonyl (C=O) groups is 20. The minimum Gasteiger partial charge on any atom is -0.508 e. The quantitative estimate of drug-likeness (QED) is 0.0172. The molecule has 1 aliphatic rings. The summed E-state index contributed by atoms with van der Waals surface area (Å²) in [5.74, 6) is -21.2. The zero-order chi connectivity index (χ0) is 104. The molecular formula is C98H144N18O23. The van der Waals surface area contributed by atoms with Gasteiger partial charge in [0.15, 0.2) is 11.6 Å². The maximum atomic E-state index is 15.6. The van der Waals surface area contributed by atoms with Crippen LogP contribution in [0.4, 0.5) is 0 Å². The number of nitrogens with two attached hydrogens (primary N) is 2. The number of carboxylic acids is 1. The zero-order valence-electron chi connectivity index (χ0n) is 82.4. The summed E-state index contributed by atoms with van der Waals surface area (Å²) in [6.45, 7) is 23.1. The summed E-state index contributed by atoms with van der Waals surface area (Å²) in [6, 6.07) is 2.34.